The Hall–Kier alpha value is -1.48. The highest BCUT2D eigenvalue weighted by molar-refractivity contribution is 6.31. The third kappa shape index (κ3) is 3.51. The highest BCUT2D eigenvalue weighted by Crippen LogP contribution is 2.31. The van der Waals surface area contributed by atoms with Gasteiger partial charge in [-0.25, -0.2) is 0 Å². The molecule has 3 nitrogen and oxygen atoms in total. The molecule has 0 saturated heterocycles. The lowest BCUT2D eigenvalue weighted by atomic mass is 10.0. The van der Waals surface area contributed by atoms with Crippen molar-refractivity contribution in [1.82, 2.24) is 0 Å². The molecule has 1 N–H and O–H groups in total. The molecule has 0 bridgehead atoms. The number of rotatable bonds is 4. The van der Waals surface area contributed by atoms with Crippen LogP contribution in [0.4, 0.5) is 5.69 Å². The first-order chi connectivity index (χ1) is 9.10. The zero-order valence-corrected chi connectivity index (χ0v) is 12.0. The average molecular weight is 280 g/mol. The van der Waals surface area contributed by atoms with Gasteiger partial charge in [-0.05, 0) is 37.3 Å². The van der Waals surface area contributed by atoms with Crippen LogP contribution in [0.5, 0.6) is 5.75 Å². The molecule has 0 fully saturated rings. The quantitative estimate of drug-likeness (QED) is 0.848. The van der Waals surface area contributed by atoms with Crippen LogP contribution in [0.3, 0.4) is 0 Å². The number of amides is 1. The molecule has 1 amide bonds. The smallest absolute Gasteiger partial charge is 0.225 e. The van der Waals surface area contributed by atoms with E-state index in [1.165, 1.54) is 0 Å². The molecule has 0 saturated carbocycles. The molecule has 0 aliphatic heterocycles. The van der Waals surface area contributed by atoms with Gasteiger partial charge in [0, 0.05) is 17.5 Å². The van der Waals surface area contributed by atoms with E-state index in [0.29, 0.717) is 28.8 Å². The van der Waals surface area contributed by atoms with Crippen LogP contribution in [0, 0.1) is 12.8 Å². The van der Waals surface area contributed by atoms with Crippen molar-refractivity contribution < 1.29 is 9.53 Å². The van der Waals surface area contributed by atoms with Gasteiger partial charge in [0.2, 0.25) is 5.91 Å². The Morgan fingerprint density at radius 3 is 2.95 bits per heavy atom. The van der Waals surface area contributed by atoms with Crippen molar-refractivity contribution in [2.75, 3.05) is 12.4 Å². The first-order valence-electron chi connectivity index (χ1n) is 6.41. The van der Waals surface area contributed by atoms with E-state index >= 15 is 0 Å². The number of anilines is 1. The number of aryl methyl sites for hydroxylation is 1. The average Bonchev–Trinajstić information content (AvgIpc) is 2.86. The Kier molecular flexibility index (Phi) is 4.48. The second kappa shape index (κ2) is 6.11. The second-order valence-corrected chi connectivity index (χ2v) is 5.23. The summed E-state index contributed by atoms with van der Waals surface area (Å²) in [6.45, 7) is 1.90. The third-order valence-corrected chi connectivity index (χ3v) is 3.72. The predicted molar refractivity (Wildman–Crippen MR) is 77.9 cm³/mol. The number of nitrogens with one attached hydrogen (secondary N) is 1. The van der Waals surface area contributed by atoms with E-state index in [4.69, 9.17) is 16.3 Å². The normalized spacial score (nSPS) is 17.5. The number of hydrogen-bond acceptors (Lipinski definition) is 2. The van der Waals surface area contributed by atoms with Crippen molar-refractivity contribution in [2.24, 2.45) is 5.92 Å². The largest absolute Gasteiger partial charge is 0.495 e. The van der Waals surface area contributed by atoms with Crippen LogP contribution in [0.1, 0.15) is 24.8 Å². The minimum Gasteiger partial charge on any atom is -0.495 e. The standard InChI is InChI=1S/C15H18ClNO2/c1-10-7-13(14(19-2)9-12(10)16)17-15(18)8-11-5-3-4-6-11/h3,5,7,9,11H,4,6,8H2,1-2H3,(H,17,18)/t11-/m1/s1. The highest BCUT2D eigenvalue weighted by atomic mass is 35.5. The number of carbonyl (C=O) groups excluding carboxylic acids is 1. The summed E-state index contributed by atoms with van der Waals surface area (Å²) in [6.07, 6.45) is 6.89. The van der Waals surface area contributed by atoms with E-state index in [9.17, 15) is 4.79 Å². The number of allylic oxidation sites excluding steroid dienone is 2. The monoisotopic (exact) mass is 279 g/mol. The van der Waals surface area contributed by atoms with Gasteiger partial charge in [0.05, 0.1) is 12.8 Å². The Labute approximate surface area is 118 Å². The first kappa shape index (κ1) is 13.9. The molecule has 1 aromatic carbocycles. The van der Waals surface area contributed by atoms with Gasteiger partial charge >= 0.3 is 0 Å². The van der Waals surface area contributed by atoms with Gasteiger partial charge in [-0.2, -0.15) is 0 Å². The third-order valence-electron chi connectivity index (χ3n) is 3.31. The van der Waals surface area contributed by atoms with Gasteiger partial charge in [0.15, 0.2) is 0 Å². The van der Waals surface area contributed by atoms with Crippen molar-refractivity contribution in [1.29, 1.82) is 0 Å². The fourth-order valence-electron chi connectivity index (χ4n) is 2.23. The molecule has 0 heterocycles. The summed E-state index contributed by atoms with van der Waals surface area (Å²) < 4.78 is 5.24. The van der Waals surface area contributed by atoms with E-state index in [-0.39, 0.29) is 5.91 Å². The van der Waals surface area contributed by atoms with E-state index < -0.39 is 0 Å². The molecule has 0 unspecified atom stereocenters. The maximum Gasteiger partial charge on any atom is 0.225 e. The van der Waals surface area contributed by atoms with Gasteiger partial charge in [-0.15, -0.1) is 0 Å². The van der Waals surface area contributed by atoms with Crippen molar-refractivity contribution in [3.63, 3.8) is 0 Å². The maximum absolute atomic E-state index is 12.0. The molecule has 1 aliphatic rings. The molecule has 102 valence electrons. The zero-order chi connectivity index (χ0) is 13.8. The molecule has 2 rings (SSSR count). The summed E-state index contributed by atoms with van der Waals surface area (Å²) >= 11 is 6.04. The summed E-state index contributed by atoms with van der Waals surface area (Å²) in [6, 6.07) is 3.56. The first-order valence-corrected chi connectivity index (χ1v) is 6.78. The number of halogens is 1. The second-order valence-electron chi connectivity index (χ2n) is 4.82. The summed E-state index contributed by atoms with van der Waals surface area (Å²) in [4.78, 5) is 12.0. The number of hydrogen-bond donors (Lipinski definition) is 1. The van der Waals surface area contributed by atoms with E-state index in [0.717, 1.165) is 18.4 Å². The van der Waals surface area contributed by atoms with Crippen molar-refractivity contribution in [2.45, 2.75) is 26.2 Å². The Bertz CT molecular complexity index is 511. The minimum atomic E-state index is 0.0107. The van der Waals surface area contributed by atoms with Gasteiger partial charge in [0.25, 0.3) is 0 Å². The Morgan fingerprint density at radius 2 is 2.32 bits per heavy atom. The lowest BCUT2D eigenvalue weighted by molar-refractivity contribution is -0.116. The van der Waals surface area contributed by atoms with E-state index in [1.807, 2.05) is 13.0 Å². The van der Waals surface area contributed by atoms with Crippen LogP contribution < -0.4 is 10.1 Å². The van der Waals surface area contributed by atoms with Gasteiger partial charge < -0.3 is 10.1 Å². The molecule has 1 aromatic rings. The zero-order valence-electron chi connectivity index (χ0n) is 11.2. The van der Waals surface area contributed by atoms with Crippen molar-refractivity contribution >= 4 is 23.2 Å². The highest BCUT2D eigenvalue weighted by Gasteiger charge is 2.16. The predicted octanol–water partition coefficient (Wildman–Crippen LogP) is 3.95. The van der Waals surface area contributed by atoms with Crippen molar-refractivity contribution in [3.05, 3.63) is 34.9 Å². The number of methoxy groups -OCH3 is 1. The fourth-order valence-corrected chi connectivity index (χ4v) is 2.39. The molecule has 19 heavy (non-hydrogen) atoms. The molecule has 1 atom stereocenters. The summed E-state index contributed by atoms with van der Waals surface area (Å²) in [5.41, 5.74) is 1.59. The summed E-state index contributed by atoms with van der Waals surface area (Å²) in [5.74, 6) is 0.960. The molecular weight excluding hydrogens is 262 g/mol. The lowest BCUT2D eigenvalue weighted by Crippen LogP contribution is -2.15. The molecule has 0 spiro atoms. The van der Waals surface area contributed by atoms with E-state index in [1.54, 1.807) is 13.2 Å². The lowest BCUT2D eigenvalue weighted by Gasteiger charge is -2.13. The molecular formula is C15H18ClNO2. The van der Waals surface area contributed by atoms with Crippen LogP contribution in [0.25, 0.3) is 0 Å². The summed E-state index contributed by atoms with van der Waals surface area (Å²) in [7, 11) is 1.57. The topological polar surface area (TPSA) is 38.3 Å². The molecule has 1 aliphatic carbocycles. The number of benzene rings is 1. The van der Waals surface area contributed by atoms with Gasteiger partial charge in [-0.3, -0.25) is 4.79 Å². The minimum absolute atomic E-state index is 0.0107. The molecule has 0 radical (unpaired) electrons. The van der Waals surface area contributed by atoms with Crippen LogP contribution in [0.15, 0.2) is 24.3 Å². The molecule has 4 heteroatoms. The van der Waals surface area contributed by atoms with Crippen LogP contribution in [-0.2, 0) is 4.79 Å². The number of ether oxygens (including phenoxy) is 1. The Morgan fingerprint density at radius 1 is 1.53 bits per heavy atom. The van der Waals surface area contributed by atoms with Crippen LogP contribution in [0.2, 0.25) is 5.02 Å². The van der Waals surface area contributed by atoms with E-state index in [2.05, 4.69) is 17.5 Å². The molecule has 0 aromatic heterocycles. The number of carbonyl (C=O) groups is 1. The van der Waals surface area contributed by atoms with Crippen LogP contribution >= 0.6 is 11.6 Å². The SMILES string of the molecule is COc1cc(Cl)c(C)cc1NC(=O)C[C@@H]1C=CCC1. The van der Waals surface area contributed by atoms with Gasteiger partial charge in [0.1, 0.15) is 5.75 Å². The summed E-state index contributed by atoms with van der Waals surface area (Å²) in [5, 5.41) is 3.53. The maximum atomic E-state index is 12.0. The Balaban J connectivity index is 2.07. The van der Waals surface area contributed by atoms with Crippen LogP contribution in [-0.4, -0.2) is 13.0 Å². The fraction of sp³-hybridized carbons (Fsp3) is 0.400. The van der Waals surface area contributed by atoms with Gasteiger partial charge in [-0.1, -0.05) is 23.8 Å². The van der Waals surface area contributed by atoms with Crippen molar-refractivity contribution in [3.8, 4) is 5.75 Å².